The SMILES string of the molecule is CCCCC(=O)Oc1ccc(C2(C(=O)Oc3ccc(C(=O)NO)cc3)CCCCC2)cc1. The second kappa shape index (κ2) is 10.9. The average molecular weight is 440 g/mol. The summed E-state index contributed by atoms with van der Waals surface area (Å²) in [5, 5.41) is 8.73. The summed E-state index contributed by atoms with van der Waals surface area (Å²) in [5.41, 5.74) is 1.89. The van der Waals surface area contributed by atoms with Crippen LogP contribution in [0.25, 0.3) is 0 Å². The van der Waals surface area contributed by atoms with Crippen molar-refractivity contribution in [1.82, 2.24) is 5.48 Å². The van der Waals surface area contributed by atoms with E-state index in [1.807, 2.05) is 19.1 Å². The van der Waals surface area contributed by atoms with Crippen molar-refractivity contribution in [3.63, 3.8) is 0 Å². The highest BCUT2D eigenvalue weighted by Gasteiger charge is 2.43. The zero-order valence-electron chi connectivity index (χ0n) is 18.3. The standard InChI is InChI=1S/C25H29NO6/c1-2-3-7-22(27)31-20-14-10-19(11-15-20)25(16-5-4-6-17-25)24(29)32-21-12-8-18(9-13-21)23(28)26-30/h8-15,30H,2-7,16-17H2,1H3,(H,26,28). The van der Waals surface area contributed by atoms with Crippen LogP contribution in [0.4, 0.5) is 0 Å². The lowest BCUT2D eigenvalue weighted by molar-refractivity contribution is -0.142. The van der Waals surface area contributed by atoms with Crippen molar-refractivity contribution in [2.24, 2.45) is 0 Å². The first-order valence-electron chi connectivity index (χ1n) is 11.1. The molecule has 32 heavy (non-hydrogen) atoms. The lowest BCUT2D eigenvalue weighted by Crippen LogP contribution is -2.41. The predicted octanol–water partition coefficient (Wildman–Crippen LogP) is 4.71. The molecular formula is C25H29NO6. The van der Waals surface area contributed by atoms with Crippen LogP contribution in [0, 0.1) is 0 Å². The van der Waals surface area contributed by atoms with E-state index in [2.05, 4.69) is 0 Å². The monoisotopic (exact) mass is 439 g/mol. The van der Waals surface area contributed by atoms with E-state index in [1.165, 1.54) is 24.3 Å². The lowest BCUT2D eigenvalue weighted by atomic mass is 9.69. The summed E-state index contributed by atoms with van der Waals surface area (Å²) in [6, 6.07) is 13.1. The van der Waals surface area contributed by atoms with Crippen LogP contribution >= 0.6 is 0 Å². The van der Waals surface area contributed by atoms with Gasteiger partial charge in [-0.1, -0.05) is 44.7 Å². The lowest BCUT2D eigenvalue weighted by Gasteiger charge is -2.35. The molecule has 0 unspecified atom stereocenters. The molecule has 0 bridgehead atoms. The van der Waals surface area contributed by atoms with Crippen LogP contribution in [0.15, 0.2) is 48.5 Å². The molecule has 0 aromatic heterocycles. The predicted molar refractivity (Wildman–Crippen MR) is 118 cm³/mol. The summed E-state index contributed by atoms with van der Waals surface area (Å²) in [5.74, 6) is -0.445. The molecule has 0 atom stereocenters. The van der Waals surface area contributed by atoms with Gasteiger partial charge in [-0.2, -0.15) is 0 Å². The van der Waals surface area contributed by atoms with Crippen molar-refractivity contribution in [3.8, 4) is 11.5 Å². The fourth-order valence-corrected chi connectivity index (χ4v) is 4.06. The van der Waals surface area contributed by atoms with E-state index in [9.17, 15) is 14.4 Å². The molecule has 0 aliphatic heterocycles. The summed E-state index contributed by atoms with van der Waals surface area (Å²) in [6.45, 7) is 2.02. The minimum Gasteiger partial charge on any atom is -0.427 e. The van der Waals surface area contributed by atoms with Crippen LogP contribution in [0.5, 0.6) is 11.5 Å². The summed E-state index contributed by atoms with van der Waals surface area (Å²) in [6.07, 6.45) is 6.34. The normalized spacial score (nSPS) is 14.9. The molecule has 2 aromatic rings. The molecule has 0 saturated heterocycles. The largest absolute Gasteiger partial charge is 0.427 e. The van der Waals surface area contributed by atoms with Crippen molar-refractivity contribution >= 4 is 17.8 Å². The average Bonchev–Trinajstić information content (AvgIpc) is 2.83. The molecule has 1 aliphatic rings. The van der Waals surface area contributed by atoms with Crippen molar-refractivity contribution in [1.29, 1.82) is 0 Å². The van der Waals surface area contributed by atoms with E-state index in [-0.39, 0.29) is 17.5 Å². The van der Waals surface area contributed by atoms with Crippen LogP contribution in [0.3, 0.4) is 0 Å². The molecule has 7 heteroatoms. The molecule has 170 valence electrons. The third-order valence-electron chi connectivity index (χ3n) is 5.90. The van der Waals surface area contributed by atoms with E-state index in [4.69, 9.17) is 14.7 Å². The van der Waals surface area contributed by atoms with E-state index in [0.717, 1.165) is 37.7 Å². The quantitative estimate of drug-likeness (QED) is 0.267. The van der Waals surface area contributed by atoms with Gasteiger partial charge in [0.1, 0.15) is 11.5 Å². The minimum absolute atomic E-state index is 0.253. The van der Waals surface area contributed by atoms with Gasteiger partial charge in [0.15, 0.2) is 0 Å². The van der Waals surface area contributed by atoms with Crippen LogP contribution < -0.4 is 15.0 Å². The zero-order valence-corrected chi connectivity index (χ0v) is 18.3. The first-order valence-corrected chi connectivity index (χ1v) is 11.1. The third-order valence-corrected chi connectivity index (χ3v) is 5.90. The van der Waals surface area contributed by atoms with E-state index < -0.39 is 11.3 Å². The van der Waals surface area contributed by atoms with Gasteiger partial charge < -0.3 is 9.47 Å². The van der Waals surface area contributed by atoms with E-state index in [1.54, 1.807) is 17.6 Å². The van der Waals surface area contributed by atoms with E-state index in [0.29, 0.717) is 30.8 Å². The maximum Gasteiger partial charge on any atom is 0.321 e. The molecule has 1 saturated carbocycles. The number of carbonyl (C=O) groups is 3. The van der Waals surface area contributed by atoms with Gasteiger partial charge in [-0.15, -0.1) is 0 Å². The fraction of sp³-hybridized carbons (Fsp3) is 0.400. The first-order chi connectivity index (χ1) is 15.5. The van der Waals surface area contributed by atoms with Crippen molar-refractivity contribution in [3.05, 3.63) is 59.7 Å². The number of hydrogen-bond acceptors (Lipinski definition) is 6. The summed E-state index contributed by atoms with van der Waals surface area (Å²) < 4.78 is 11.1. The highest BCUT2D eigenvalue weighted by molar-refractivity contribution is 5.93. The molecule has 7 nitrogen and oxygen atoms in total. The number of benzene rings is 2. The number of carbonyl (C=O) groups excluding carboxylic acids is 3. The van der Waals surface area contributed by atoms with E-state index >= 15 is 0 Å². The Morgan fingerprint density at radius 2 is 1.50 bits per heavy atom. The Morgan fingerprint density at radius 3 is 2.09 bits per heavy atom. The zero-order chi connectivity index (χ0) is 23.0. The van der Waals surface area contributed by atoms with Gasteiger partial charge in [0, 0.05) is 12.0 Å². The Labute approximate surface area is 187 Å². The Kier molecular flexibility index (Phi) is 8.00. The van der Waals surface area contributed by atoms with Crippen molar-refractivity contribution in [2.75, 3.05) is 0 Å². The fourth-order valence-electron chi connectivity index (χ4n) is 4.06. The van der Waals surface area contributed by atoms with Gasteiger partial charge in [-0.25, -0.2) is 5.48 Å². The van der Waals surface area contributed by atoms with Gasteiger partial charge in [0.25, 0.3) is 5.91 Å². The Balaban J connectivity index is 1.76. The van der Waals surface area contributed by atoms with Crippen molar-refractivity contribution in [2.45, 2.75) is 63.7 Å². The summed E-state index contributed by atoms with van der Waals surface area (Å²) in [4.78, 5) is 36.7. The smallest absolute Gasteiger partial charge is 0.321 e. The number of unbranched alkanes of at least 4 members (excludes halogenated alkanes) is 1. The highest BCUT2D eigenvalue weighted by atomic mass is 16.5. The molecular weight excluding hydrogens is 410 g/mol. The van der Waals surface area contributed by atoms with Crippen LogP contribution in [-0.4, -0.2) is 23.1 Å². The Hall–Kier alpha value is -3.19. The third kappa shape index (κ3) is 5.53. The number of amides is 1. The van der Waals surface area contributed by atoms with Gasteiger partial charge >= 0.3 is 11.9 Å². The topological polar surface area (TPSA) is 102 Å². The second-order valence-electron chi connectivity index (χ2n) is 8.10. The molecule has 2 N–H and O–H groups in total. The van der Waals surface area contributed by atoms with Crippen LogP contribution in [0.1, 0.15) is 74.2 Å². The van der Waals surface area contributed by atoms with Gasteiger partial charge in [0.05, 0.1) is 5.41 Å². The number of ether oxygens (including phenoxy) is 2. The molecule has 1 amide bonds. The second-order valence-corrected chi connectivity index (χ2v) is 8.10. The van der Waals surface area contributed by atoms with Gasteiger partial charge in [-0.3, -0.25) is 19.6 Å². The molecule has 0 radical (unpaired) electrons. The van der Waals surface area contributed by atoms with Crippen LogP contribution in [0.2, 0.25) is 0 Å². The van der Waals surface area contributed by atoms with Crippen LogP contribution in [-0.2, 0) is 15.0 Å². The van der Waals surface area contributed by atoms with Gasteiger partial charge in [-0.05, 0) is 61.2 Å². The molecule has 2 aromatic carbocycles. The maximum absolute atomic E-state index is 13.3. The molecule has 0 spiro atoms. The Bertz CT molecular complexity index is 930. The molecule has 3 rings (SSSR count). The number of hydrogen-bond donors (Lipinski definition) is 2. The number of esters is 2. The molecule has 0 heterocycles. The Morgan fingerprint density at radius 1 is 0.906 bits per heavy atom. The first kappa shape index (κ1) is 23.5. The number of hydroxylamine groups is 1. The number of nitrogens with one attached hydrogen (secondary N) is 1. The highest BCUT2D eigenvalue weighted by Crippen LogP contribution is 2.41. The summed E-state index contributed by atoms with van der Waals surface area (Å²) in [7, 11) is 0. The molecule has 1 aliphatic carbocycles. The van der Waals surface area contributed by atoms with Crippen molar-refractivity contribution < 1.29 is 29.1 Å². The molecule has 1 fully saturated rings. The maximum atomic E-state index is 13.3. The minimum atomic E-state index is -0.774. The van der Waals surface area contributed by atoms with Gasteiger partial charge in [0.2, 0.25) is 0 Å². The number of rotatable bonds is 8. The summed E-state index contributed by atoms with van der Waals surface area (Å²) >= 11 is 0.